The molecule has 0 aliphatic heterocycles. The summed E-state index contributed by atoms with van der Waals surface area (Å²) in [5, 5.41) is 0. The van der Waals surface area contributed by atoms with Crippen LogP contribution in [0.2, 0.25) is 0 Å². The number of rotatable bonds is 4. The fourth-order valence-electron chi connectivity index (χ4n) is 2.27. The minimum absolute atomic E-state index is 0.623. The molecular weight excluding hydrogens is 192 g/mol. The van der Waals surface area contributed by atoms with Gasteiger partial charge in [0.25, 0.3) is 0 Å². The highest BCUT2D eigenvalue weighted by molar-refractivity contribution is 5.72. The summed E-state index contributed by atoms with van der Waals surface area (Å²) in [6.45, 7) is 4.62. The molecule has 84 valence electrons. The standard InChI is InChI=1S/C16H20/c1-3-13(2)12-15-10-7-11-16(15)14-8-5-4-6-9-14/h4-11,13,15H,3,12H2,1-2H3/t13-,15?/m1/s1. The first-order valence-electron chi connectivity index (χ1n) is 6.25. The average Bonchev–Trinajstić information content (AvgIpc) is 2.78. The van der Waals surface area contributed by atoms with E-state index in [1.807, 2.05) is 0 Å². The van der Waals surface area contributed by atoms with Gasteiger partial charge in [-0.1, -0.05) is 68.8 Å². The van der Waals surface area contributed by atoms with E-state index >= 15 is 0 Å². The van der Waals surface area contributed by atoms with E-state index in [2.05, 4.69) is 62.4 Å². The highest BCUT2D eigenvalue weighted by atomic mass is 14.2. The number of benzene rings is 1. The second-order valence-corrected chi connectivity index (χ2v) is 4.73. The summed E-state index contributed by atoms with van der Waals surface area (Å²) in [6, 6.07) is 10.7. The lowest BCUT2D eigenvalue weighted by molar-refractivity contribution is 0.484. The van der Waals surface area contributed by atoms with Crippen molar-refractivity contribution < 1.29 is 0 Å². The third kappa shape index (κ3) is 2.44. The summed E-state index contributed by atoms with van der Waals surface area (Å²) in [7, 11) is 0. The van der Waals surface area contributed by atoms with Crippen LogP contribution in [0, 0.1) is 11.8 Å². The van der Waals surface area contributed by atoms with Crippen LogP contribution in [0.3, 0.4) is 0 Å². The Bertz CT molecular complexity index is 384. The molecule has 0 saturated carbocycles. The summed E-state index contributed by atoms with van der Waals surface area (Å²) >= 11 is 0. The first-order chi connectivity index (χ1) is 7.81. The largest absolute Gasteiger partial charge is 0.0770 e. The molecule has 0 heteroatoms. The smallest absolute Gasteiger partial charge is 0.00295 e. The Balaban J connectivity index is 2.11. The molecule has 0 N–H and O–H groups in total. The molecule has 1 aromatic rings. The fourth-order valence-corrected chi connectivity index (χ4v) is 2.27. The van der Waals surface area contributed by atoms with E-state index in [9.17, 15) is 0 Å². The zero-order valence-corrected chi connectivity index (χ0v) is 10.2. The summed E-state index contributed by atoms with van der Waals surface area (Å²) < 4.78 is 0. The lowest BCUT2D eigenvalue weighted by atomic mass is 9.87. The van der Waals surface area contributed by atoms with Gasteiger partial charge < -0.3 is 0 Å². The molecule has 0 aromatic heterocycles. The normalized spacial score (nSPS) is 20.9. The Hall–Kier alpha value is -1.30. The van der Waals surface area contributed by atoms with E-state index in [1.54, 1.807) is 0 Å². The van der Waals surface area contributed by atoms with Gasteiger partial charge in [-0.2, -0.15) is 0 Å². The Morgan fingerprint density at radius 2 is 1.94 bits per heavy atom. The molecule has 2 rings (SSSR count). The van der Waals surface area contributed by atoms with Crippen LogP contribution in [0.4, 0.5) is 0 Å². The van der Waals surface area contributed by atoms with Gasteiger partial charge in [-0.3, -0.25) is 0 Å². The van der Waals surface area contributed by atoms with Gasteiger partial charge in [-0.15, -0.1) is 0 Å². The predicted molar refractivity (Wildman–Crippen MR) is 71.1 cm³/mol. The van der Waals surface area contributed by atoms with Crippen LogP contribution in [-0.2, 0) is 0 Å². The molecule has 0 spiro atoms. The molecule has 2 atom stereocenters. The molecule has 0 amide bonds. The van der Waals surface area contributed by atoms with Gasteiger partial charge >= 0.3 is 0 Å². The van der Waals surface area contributed by atoms with Gasteiger partial charge in [-0.05, 0) is 23.5 Å². The lowest BCUT2D eigenvalue weighted by Gasteiger charge is -2.17. The van der Waals surface area contributed by atoms with Gasteiger partial charge in [0.05, 0.1) is 0 Å². The van der Waals surface area contributed by atoms with E-state index in [1.165, 1.54) is 24.0 Å². The number of allylic oxidation sites excluding steroid dienone is 4. The molecule has 0 saturated heterocycles. The summed E-state index contributed by atoms with van der Waals surface area (Å²) in [5.41, 5.74) is 2.86. The predicted octanol–water partition coefficient (Wildman–Crippen LogP) is 4.69. The third-order valence-electron chi connectivity index (χ3n) is 3.48. The quantitative estimate of drug-likeness (QED) is 0.679. The van der Waals surface area contributed by atoms with Crippen molar-refractivity contribution in [2.75, 3.05) is 0 Å². The van der Waals surface area contributed by atoms with Crippen molar-refractivity contribution in [1.29, 1.82) is 0 Å². The maximum atomic E-state index is 2.34. The van der Waals surface area contributed by atoms with E-state index in [0.29, 0.717) is 5.92 Å². The molecule has 0 radical (unpaired) electrons. The van der Waals surface area contributed by atoms with E-state index in [-0.39, 0.29) is 0 Å². The monoisotopic (exact) mass is 212 g/mol. The zero-order valence-electron chi connectivity index (χ0n) is 10.2. The molecule has 0 nitrogen and oxygen atoms in total. The summed E-state index contributed by atoms with van der Waals surface area (Å²) in [5.74, 6) is 1.43. The Morgan fingerprint density at radius 3 is 2.62 bits per heavy atom. The first kappa shape index (κ1) is 11.2. The second kappa shape index (κ2) is 5.16. The zero-order chi connectivity index (χ0) is 11.4. The van der Waals surface area contributed by atoms with Crippen LogP contribution in [0.15, 0.2) is 48.6 Å². The topological polar surface area (TPSA) is 0 Å². The highest BCUT2D eigenvalue weighted by Crippen LogP contribution is 2.34. The molecule has 1 aliphatic carbocycles. The van der Waals surface area contributed by atoms with Crippen LogP contribution >= 0.6 is 0 Å². The van der Waals surface area contributed by atoms with Crippen LogP contribution in [-0.4, -0.2) is 0 Å². The minimum Gasteiger partial charge on any atom is -0.0770 e. The molecule has 16 heavy (non-hydrogen) atoms. The minimum atomic E-state index is 0.623. The van der Waals surface area contributed by atoms with Gasteiger partial charge in [0.15, 0.2) is 0 Å². The number of hydrogen-bond acceptors (Lipinski definition) is 0. The highest BCUT2D eigenvalue weighted by Gasteiger charge is 2.18. The maximum absolute atomic E-state index is 2.34. The van der Waals surface area contributed by atoms with Gasteiger partial charge in [-0.25, -0.2) is 0 Å². The van der Waals surface area contributed by atoms with Gasteiger partial charge in [0, 0.05) is 5.92 Å². The van der Waals surface area contributed by atoms with Crippen molar-refractivity contribution in [3.8, 4) is 0 Å². The van der Waals surface area contributed by atoms with E-state index < -0.39 is 0 Å². The van der Waals surface area contributed by atoms with Gasteiger partial charge in [0.2, 0.25) is 0 Å². The first-order valence-corrected chi connectivity index (χ1v) is 6.25. The third-order valence-corrected chi connectivity index (χ3v) is 3.48. The van der Waals surface area contributed by atoms with Crippen molar-refractivity contribution in [2.45, 2.75) is 26.7 Å². The van der Waals surface area contributed by atoms with E-state index in [4.69, 9.17) is 0 Å². The van der Waals surface area contributed by atoms with Crippen molar-refractivity contribution in [2.24, 2.45) is 11.8 Å². The maximum Gasteiger partial charge on any atom is 0.00295 e. The van der Waals surface area contributed by atoms with Gasteiger partial charge in [0.1, 0.15) is 0 Å². The Kier molecular flexibility index (Phi) is 3.61. The summed E-state index contributed by atoms with van der Waals surface area (Å²) in [4.78, 5) is 0. The molecule has 1 aromatic carbocycles. The molecule has 0 bridgehead atoms. The van der Waals surface area contributed by atoms with E-state index in [0.717, 1.165) is 5.92 Å². The SMILES string of the molecule is CC[C@@H](C)CC1C=CC=C1c1ccccc1. The second-order valence-electron chi connectivity index (χ2n) is 4.73. The molecule has 0 heterocycles. The van der Waals surface area contributed by atoms with Crippen molar-refractivity contribution in [1.82, 2.24) is 0 Å². The molecular formula is C16H20. The van der Waals surface area contributed by atoms with Crippen LogP contribution in [0.1, 0.15) is 32.3 Å². The Labute approximate surface area is 98.7 Å². The molecule has 1 aliphatic rings. The lowest BCUT2D eigenvalue weighted by Crippen LogP contribution is -2.04. The molecule has 0 fully saturated rings. The number of hydrogen-bond donors (Lipinski definition) is 0. The Morgan fingerprint density at radius 1 is 1.19 bits per heavy atom. The average molecular weight is 212 g/mol. The van der Waals surface area contributed by atoms with Crippen LogP contribution < -0.4 is 0 Å². The van der Waals surface area contributed by atoms with Crippen molar-refractivity contribution in [3.05, 3.63) is 54.1 Å². The van der Waals surface area contributed by atoms with Crippen molar-refractivity contribution in [3.63, 3.8) is 0 Å². The van der Waals surface area contributed by atoms with Crippen molar-refractivity contribution >= 4 is 5.57 Å². The van der Waals surface area contributed by atoms with Crippen LogP contribution in [0.25, 0.3) is 5.57 Å². The van der Waals surface area contributed by atoms with Crippen LogP contribution in [0.5, 0.6) is 0 Å². The fraction of sp³-hybridized carbons (Fsp3) is 0.375. The summed E-state index contributed by atoms with van der Waals surface area (Å²) in [6.07, 6.45) is 9.35. The molecule has 1 unspecified atom stereocenters.